The Balaban J connectivity index is 1.51. The van der Waals surface area contributed by atoms with E-state index in [0.717, 1.165) is 22.4 Å². The molecule has 3 aromatic rings. The van der Waals surface area contributed by atoms with Crippen molar-refractivity contribution in [1.82, 2.24) is 10.6 Å². The van der Waals surface area contributed by atoms with Crippen LogP contribution in [0.2, 0.25) is 5.02 Å². The number of methoxy groups -OCH3 is 2. The Labute approximate surface area is 221 Å². The fraction of sp³-hybridized carbons (Fsp3) is 0.222. The number of ether oxygens (including phenoxy) is 2. The third-order valence-corrected chi connectivity index (χ3v) is 6.36. The Morgan fingerprint density at radius 2 is 1.81 bits per heavy atom. The van der Waals surface area contributed by atoms with Crippen LogP contribution < -0.4 is 25.0 Å². The number of hydrogen-bond donors (Lipinski definition) is 2. The first-order valence-corrected chi connectivity index (χ1v) is 12.2. The number of nitrogens with zero attached hydrogens (tertiary/aromatic N) is 2. The summed E-state index contributed by atoms with van der Waals surface area (Å²) in [6.45, 7) is 0.559. The summed E-state index contributed by atoms with van der Waals surface area (Å²) >= 11 is 11.8. The fourth-order valence-corrected chi connectivity index (χ4v) is 4.38. The first-order valence-electron chi connectivity index (χ1n) is 11.4. The Morgan fingerprint density at radius 3 is 2.53 bits per heavy atom. The quantitative estimate of drug-likeness (QED) is 0.453. The highest BCUT2D eigenvalue weighted by Crippen LogP contribution is 2.30. The van der Waals surface area contributed by atoms with E-state index in [0.29, 0.717) is 40.3 Å². The lowest BCUT2D eigenvalue weighted by molar-refractivity contribution is -0.119. The lowest BCUT2D eigenvalue weighted by atomic mass is 10.0. The molecule has 1 unspecified atom stereocenters. The van der Waals surface area contributed by atoms with Crippen LogP contribution in [0, 0.1) is 0 Å². The molecule has 1 atom stereocenters. The van der Waals surface area contributed by atoms with Crippen molar-refractivity contribution >= 4 is 46.2 Å². The molecule has 3 aromatic carbocycles. The van der Waals surface area contributed by atoms with Crippen molar-refractivity contribution in [1.29, 1.82) is 0 Å². The molecule has 2 N–H and O–H groups in total. The van der Waals surface area contributed by atoms with E-state index in [9.17, 15) is 4.79 Å². The van der Waals surface area contributed by atoms with Crippen molar-refractivity contribution in [2.45, 2.75) is 12.6 Å². The average molecular weight is 523 g/mol. The first kappa shape index (κ1) is 25.5. The van der Waals surface area contributed by atoms with Crippen LogP contribution in [0.4, 0.5) is 5.69 Å². The van der Waals surface area contributed by atoms with Gasteiger partial charge in [0.1, 0.15) is 0 Å². The minimum absolute atomic E-state index is 0.228. The lowest BCUT2D eigenvalue weighted by Crippen LogP contribution is -2.49. The number of amides is 1. The summed E-state index contributed by atoms with van der Waals surface area (Å²) in [5.41, 5.74) is 4.11. The molecule has 1 amide bonds. The number of halogens is 1. The summed E-state index contributed by atoms with van der Waals surface area (Å²) in [6, 6.07) is 20.9. The van der Waals surface area contributed by atoms with Crippen LogP contribution in [0.25, 0.3) is 0 Å². The molecule has 1 aliphatic rings. The summed E-state index contributed by atoms with van der Waals surface area (Å²) in [7, 11) is 4.94. The highest BCUT2D eigenvalue weighted by atomic mass is 35.5. The number of likely N-dealkylation sites (N-methyl/N-ethyl adjacent to an activating group) is 1. The zero-order valence-electron chi connectivity index (χ0n) is 20.2. The Bertz CT molecular complexity index is 1300. The van der Waals surface area contributed by atoms with E-state index in [4.69, 9.17) is 38.3 Å². The molecule has 1 aliphatic heterocycles. The fourth-order valence-electron chi connectivity index (χ4n) is 4.00. The molecule has 0 fully saturated rings. The van der Waals surface area contributed by atoms with Crippen molar-refractivity contribution in [3.8, 4) is 11.5 Å². The van der Waals surface area contributed by atoms with Crippen LogP contribution in [-0.2, 0) is 11.2 Å². The number of fused-ring (bicyclic) bond motifs is 1. The zero-order valence-corrected chi connectivity index (χ0v) is 21.8. The van der Waals surface area contributed by atoms with E-state index in [-0.39, 0.29) is 5.91 Å². The molecule has 7 nitrogen and oxygen atoms in total. The standard InChI is InChI=1S/C27H27ClN4O3S/c1-32-21-11-10-19(28)16-20(21)24(18-7-5-4-6-8-18)30-25(26(32)33)31-27(36)29-14-13-17-9-12-22(34-2)23(15-17)35-3/h4-12,15-16,25H,13-14H2,1-3H3,(H2,29,31,36). The number of thiocarbonyl (C=S) groups is 1. The molecule has 0 aliphatic carbocycles. The third kappa shape index (κ3) is 5.61. The summed E-state index contributed by atoms with van der Waals surface area (Å²) in [5.74, 6) is 1.12. The van der Waals surface area contributed by atoms with E-state index >= 15 is 0 Å². The van der Waals surface area contributed by atoms with Crippen LogP contribution in [0.5, 0.6) is 11.5 Å². The SMILES string of the molecule is COc1ccc(CCNC(=S)NC2N=C(c3ccccc3)c3cc(Cl)ccc3N(C)C2=O)cc1OC. The average Bonchev–Trinajstić information content (AvgIpc) is 2.99. The van der Waals surface area contributed by atoms with Gasteiger partial charge in [-0.05, 0) is 54.5 Å². The lowest BCUT2D eigenvalue weighted by Gasteiger charge is -2.22. The molecular weight excluding hydrogens is 496 g/mol. The van der Waals surface area contributed by atoms with Gasteiger partial charge in [-0.25, -0.2) is 4.99 Å². The summed E-state index contributed by atoms with van der Waals surface area (Å²) in [4.78, 5) is 19.7. The molecule has 0 spiro atoms. The molecule has 9 heteroatoms. The van der Waals surface area contributed by atoms with Crippen LogP contribution in [0.3, 0.4) is 0 Å². The molecule has 0 saturated heterocycles. The summed E-state index contributed by atoms with van der Waals surface area (Å²) in [6.07, 6.45) is -0.208. The van der Waals surface area contributed by atoms with Crippen molar-refractivity contribution in [3.05, 3.63) is 88.4 Å². The number of benzene rings is 3. The van der Waals surface area contributed by atoms with Crippen LogP contribution >= 0.6 is 23.8 Å². The molecular formula is C27H27ClN4O3S. The molecule has 0 radical (unpaired) electrons. The van der Waals surface area contributed by atoms with Crippen molar-refractivity contribution in [3.63, 3.8) is 0 Å². The zero-order chi connectivity index (χ0) is 25.7. The number of carbonyl (C=O) groups excluding carboxylic acids is 1. The molecule has 0 saturated carbocycles. The van der Waals surface area contributed by atoms with Crippen molar-refractivity contribution in [2.24, 2.45) is 4.99 Å². The number of carbonyl (C=O) groups is 1. The second-order valence-electron chi connectivity index (χ2n) is 8.14. The minimum atomic E-state index is -0.905. The largest absolute Gasteiger partial charge is 0.493 e. The van der Waals surface area contributed by atoms with Gasteiger partial charge in [-0.2, -0.15) is 0 Å². The topological polar surface area (TPSA) is 75.2 Å². The van der Waals surface area contributed by atoms with Gasteiger partial charge in [0.05, 0.1) is 25.6 Å². The normalized spacial score (nSPS) is 14.9. The predicted molar refractivity (Wildman–Crippen MR) is 148 cm³/mol. The molecule has 0 bridgehead atoms. The van der Waals surface area contributed by atoms with E-state index in [2.05, 4.69) is 10.6 Å². The highest BCUT2D eigenvalue weighted by Gasteiger charge is 2.30. The van der Waals surface area contributed by atoms with E-state index in [1.54, 1.807) is 32.2 Å². The van der Waals surface area contributed by atoms with E-state index in [1.807, 2.05) is 60.7 Å². The molecule has 186 valence electrons. The van der Waals surface area contributed by atoms with Crippen LogP contribution in [0.15, 0.2) is 71.7 Å². The number of rotatable bonds is 7. The second kappa shape index (κ2) is 11.4. The van der Waals surface area contributed by atoms with Crippen molar-refractivity contribution in [2.75, 3.05) is 32.7 Å². The number of benzodiazepines with no additional fused rings is 1. The van der Waals surface area contributed by atoms with E-state index in [1.165, 1.54) is 0 Å². The predicted octanol–water partition coefficient (Wildman–Crippen LogP) is 4.20. The Hall–Kier alpha value is -3.62. The third-order valence-electron chi connectivity index (χ3n) is 5.86. The minimum Gasteiger partial charge on any atom is -0.493 e. The van der Waals surface area contributed by atoms with E-state index < -0.39 is 6.17 Å². The number of anilines is 1. The molecule has 1 heterocycles. The molecule has 4 rings (SSSR count). The maximum absolute atomic E-state index is 13.3. The van der Waals surface area contributed by atoms with Gasteiger partial charge < -0.3 is 25.0 Å². The number of nitrogens with one attached hydrogen (secondary N) is 2. The van der Waals surface area contributed by atoms with Gasteiger partial charge in [-0.15, -0.1) is 0 Å². The van der Waals surface area contributed by atoms with Gasteiger partial charge in [-0.1, -0.05) is 48.0 Å². The first-order chi connectivity index (χ1) is 17.4. The number of hydrogen-bond acceptors (Lipinski definition) is 5. The molecule has 36 heavy (non-hydrogen) atoms. The Kier molecular flexibility index (Phi) is 8.07. The van der Waals surface area contributed by atoms with Crippen LogP contribution in [-0.4, -0.2) is 50.7 Å². The van der Waals surface area contributed by atoms with Gasteiger partial charge in [0.25, 0.3) is 5.91 Å². The van der Waals surface area contributed by atoms with Crippen molar-refractivity contribution < 1.29 is 14.3 Å². The number of aliphatic imine (C=N–C) groups is 1. The van der Waals surface area contributed by atoms with Gasteiger partial charge in [-0.3, -0.25) is 4.79 Å². The highest BCUT2D eigenvalue weighted by molar-refractivity contribution is 7.80. The smallest absolute Gasteiger partial charge is 0.272 e. The second-order valence-corrected chi connectivity index (χ2v) is 8.99. The Morgan fingerprint density at radius 1 is 1.06 bits per heavy atom. The van der Waals surface area contributed by atoms with Crippen LogP contribution in [0.1, 0.15) is 16.7 Å². The van der Waals surface area contributed by atoms with Gasteiger partial charge in [0, 0.05) is 29.7 Å². The summed E-state index contributed by atoms with van der Waals surface area (Å²) < 4.78 is 10.7. The molecule has 0 aromatic heterocycles. The monoisotopic (exact) mass is 522 g/mol. The maximum Gasteiger partial charge on any atom is 0.272 e. The van der Waals surface area contributed by atoms with Gasteiger partial charge in [0.2, 0.25) is 6.17 Å². The van der Waals surface area contributed by atoms with Gasteiger partial charge >= 0.3 is 0 Å². The maximum atomic E-state index is 13.3. The summed E-state index contributed by atoms with van der Waals surface area (Å²) in [5, 5.41) is 7.15. The van der Waals surface area contributed by atoms with Gasteiger partial charge in [0.15, 0.2) is 16.6 Å².